The van der Waals surface area contributed by atoms with Crippen LogP contribution in [0.1, 0.15) is 16.7 Å². The summed E-state index contributed by atoms with van der Waals surface area (Å²) in [6.07, 6.45) is 0. The van der Waals surface area contributed by atoms with Crippen LogP contribution in [0.5, 0.6) is 11.5 Å². The highest BCUT2D eigenvalue weighted by atomic mass is 32.1. The molecule has 7 nitrogen and oxygen atoms in total. The third-order valence-corrected chi connectivity index (χ3v) is 6.44. The van der Waals surface area contributed by atoms with Crippen molar-refractivity contribution in [2.75, 3.05) is 6.79 Å². The van der Waals surface area contributed by atoms with Gasteiger partial charge in [-0.25, -0.2) is 4.99 Å². The third kappa shape index (κ3) is 4.12. The predicted molar refractivity (Wildman–Crippen MR) is 127 cm³/mol. The van der Waals surface area contributed by atoms with Crippen molar-refractivity contribution in [3.05, 3.63) is 97.6 Å². The van der Waals surface area contributed by atoms with Crippen LogP contribution in [-0.4, -0.2) is 16.3 Å². The van der Waals surface area contributed by atoms with Crippen LogP contribution in [0.15, 0.2) is 71.0 Å². The number of hydrogen-bond acceptors (Lipinski definition) is 6. The van der Waals surface area contributed by atoms with Gasteiger partial charge in [-0.1, -0.05) is 36.4 Å². The maximum absolute atomic E-state index is 11.3. The zero-order valence-corrected chi connectivity index (χ0v) is 19.0. The summed E-state index contributed by atoms with van der Waals surface area (Å²) in [6.45, 7) is 4.84. The van der Waals surface area contributed by atoms with Crippen LogP contribution >= 0.6 is 11.3 Å². The lowest BCUT2D eigenvalue weighted by Gasteiger charge is -2.11. The maximum Gasteiger partial charge on any atom is 0.270 e. The molecule has 5 rings (SSSR count). The number of nitrogens with zero attached hydrogens (tertiary/aromatic N) is 3. The van der Waals surface area contributed by atoms with Gasteiger partial charge >= 0.3 is 0 Å². The molecule has 8 heteroatoms. The Morgan fingerprint density at radius 1 is 1.03 bits per heavy atom. The Morgan fingerprint density at radius 2 is 1.79 bits per heavy atom. The molecule has 0 bridgehead atoms. The molecular formula is C25H21N3O4S. The van der Waals surface area contributed by atoms with E-state index >= 15 is 0 Å². The average Bonchev–Trinajstić information content (AvgIpc) is 3.43. The number of hydrogen-bond donors (Lipinski definition) is 0. The summed E-state index contributed by atoms with van der Waals surface area (Å²) >= 11 is 1.51. The van der Waals surface area contributed by atoms with Gasteiger partial charge in [0.05, 0.1) is 22.8 Å². The Hall–Kier alpha value is -3.91. The molecule has 2 heterocycles. The molecule has 1 aromatic heterocycles. The van der Waals surface area contributed by atoms with E-state index in [0.29, 0.717) is 12.3 Å². The predicted octanol–water partition coefficient (Wildman–Crippen LogP) is 5.75. The molecule has 3 aromatic carbocycles. The third-order valence-electron chi connectivity index (χ3n) is 5.58. The van der Waals surface area contributed by atoms with Crippen LogP contribution in [0.4, 0.5) is 11.4 Å². The summed E-state index contributed by atoms with van der Waals surface area (Å²) in [5, 5.41) is 13.3. The molecule has 0 unspecified atom stereocenters. The van der Waals surface area contributed by atoms with E-state index in [9.17, 15) is 10.1 Å². The summed E-state index contributed by atoms with van der Waals surface area (Å²) in [6, 6.07) is 18.7. The van der Waals surface area contributed by atoms with Gasteiger partial charge in [-0.05, 0) is 42.7 Å². The highest BCUT2D eigenvalue weighted by Gasteiger charge is 2.16. The summed E-state index contributed by atoms with van der Waals surface area (Å²) < 4.78 is 13.1. The van der Waals surface area contributed by atoms with Gasteiger partial charge in [-0.15, -0.1) is 11.3 Å². The van der Waals surface area contributed by atoms with Crippen LogP contribution in [0.2, 0.25) is 0 Å². The van der Waals surface area contributed by atoms with Gasteiger partial charge in [-0.3, -0.25) is 10.1 Å². The van der Waals surface area contributed by atoms with Gasteiger partial charge in [0.25, 0.3) is 5.69 Å². The second kappa shape index (κ2) is 8.55. The van der Waals surface area contributed by atoms with Gasteiger partial charge in [-0.2, -0.15) is 0 Å². The topological polar surface area (TPSA) is 78.9 Å². The normalized spacial score (nSPS) is 12.8. The number of nitro benzene ring substituents is 1. The lowest BCUT2D eigenvalue weighted by atomic mass is 10.1. The molecule has 1 aliphatic rings. The molecule has 0 spiro atoms. The molecular weight excluding hydrogens is 438 g/mol. The van der Waals surface area contributed by atoms with E-state index in [4.69, 9.17) is 14.5 Å². The molecule has 0 atom stereocenters. The minimum atomic E-state index is -0.375. The van der Waals surface area contributed by atoms with Crippen LogP contribution in [0.3, 0.4) is 0 Å². The Labute approximate surface area is 194 Å². The summed E-state index contributed by atoms with van der Waals surface area (Å²) in [5.74, 6) is 1.45. The van der Waals surface area contributed by atoms with Crippen LogP contribution in [0.25, 0.3) is 11.3 Å². The van der Waals surface area contributed by atoms with Crippen molar-refractivity contribution < 1.29 is 14.4 Å². The Bertz CT molecular complexity index is 1420. The van der Waals surface area contributed by atoms with E-state index in [-0.39, 0.29) is 17.4 Å². The van der Waals surface area contributed by atoms with Crippen molar-refractivity contribution in [3.8, 4) is 22.8 Å². The van der Waals surface area contributed by atoms with E-state index in [1.165, 1.54) is 17.4 Å². The smallest absolute Gasteiger partial charge is 0.270 e. The first-order valence-corrected chi connectivity index (χ1v) is 11.3. The minimum absolute atomic E-state index is 0.0570. The van der Waals surface area contributed by atoms with Crippen molar-refractivity contribution in [2.45, 2.75) is 20.4 Å². The number of aryl methyl sites for hydroxylation is 2. The number of thiazole rings is 1. The van der Waals surface area contributed by atoms with Gasteiger partial charge < -0.3 is 14.0 Å². The van der Waals surface area contributed by atoms with E-state index in [0.717, 1.165) is 44.2 Å². The Morgan fingerprint density at radius 3 is 2.58 bits per heavy atom. The van der Waals surface area contributed by atoms with Crippen molar-refractivity contribution in [2.24, 2.45) is 4.99 Å². The molecule has 33 heavy (non-hydrogen) atoms. The average molecular weight is 460 g/mol. The molecule has 166 valence electrons. The highest BCUT2D eigenvalue weighted by molar-refractivity contribution is 7.07. The first-order chi connectivity index (χ1) is 16.0. The lowest BCUT2D eigenvalue weighted by molar-refractivity contribution is -0.384. The van der Waals surface area contributed by atoms with Gasteiger partial charge in [0.15, 0.2) is 16.3 Å². The zero-order valence-electron chi connectivity index (χ0n) is 18.1. The molecule has 0 fully saturated rings. The lowest BCUT2D eigenvalue weighted by Crippen LogP contribution is -2.17. The first kappa shape index (κ1) is 21.0. The number of ether oxygens (including phenoxy) is 2. The summed E-state index contributed by atoms with van der Waals surface area (Å²) in [7, 11) is 0. The van der Waals surface area contributed by atoms with Gasteiger partial charge in [0.2, 0.25) is 6.79 Å². The molecule has 4 aromatic rings. The highest BCUT2D eigenvalue weighted by Crippen LogP contribution is 2.33. The van der Waals surface area contributed by atoms with E-state index in [1.54, 1.807) is 12.1 Å². The van der Waals surface area contributed by atoms with Gasteiger partial charge in [0, 0.05) is 23.1 Å². The fraction of sp³-hybridized carbons (Fsp3) is 0.160. The molecule has 0 amide bonds. The van der Waals surface area contributed by atoms with Crippen LogP contribution in [0, 0.1) is 24.0 Å². The number of benzene rings is 3. The van der Waals surface area contributed by atoms with Crippen molar-refractivity contribution in [3.63, 3.8) is 0 Å². The summed E-state index contributed by atoms with van der Waals surface area (Å²) in [4.78, 5) is 16.8. The van der Waals surface area contributed by atoms with E-state index in [2.05, 4.69) is 4.57 Å². The van der Waals surface area contributed by atoms with Crippen molar-refractivity contribution in [1.82, 2.24) is 4.57 Å². The SMILES string of the molecule is Cc1cccc(C)c1N=c1scc(-c2cccc([N+](=O)[O-])c2)n1Cc1ccc2c(c1)OCO2. The van der Waals surface area contributed by atoms with Crippen molar-refractivity contribution in [1.29, 1.82) is 0 Å². The zero-order chi connectivity index (χ0) is 22.9. The standard InChI is InChI=1S/C25H21N3O4S/c1-16-5-3-6-17(2)24(16)26-25-27(13-18-9-10-22-23(11-18)32-15-31-22)21(14-33-25)19-7-4-8-20(12-19)28(29)30/h3-12,14H,13,15H2,1-2H3. The molecule has 0 N–H and O–H groups in total. The number of non-ortho nitro benzene ring substituents is 1. The molecule has 0 aliphatic carbocycles. The Kier molecular flexibility index (Phi) is 5.43. The quantitative estimate of drug-likeness (QED) is 0.281. The fourth-order valence-electron chi connectivity index (χ4n) is 3.88. The fourth-order valence-corrected chi connectivity index (χ4v) is 4.80. The number of rotatable bonds is 5. The maximum atomic E-state index is 11.3. The van der Waals surface area contributed by atoms with E-state index in [1.807, 2.05) is 61.7 Å². The Balaban J connectivity index is 1.67. The molecule has 0 saturated carbocycles. The largest absolute Gasteiger partial charge is 0.454 e. The van der Waals surface area contributed by atoms with Crippen LogP contribution < -0.4 is 14.3 Å². The second-order valence-electron chi connectivity index (χ2n) is 7.84. The minimum Gasteiger partial charge on any atom is -0.454 e. The number of fused-ring (bicyclic) bond motifs is 1. The monoisotopic (exact) mass is 459 g/mol. The number of aromatic nitrogens is 1. The number of para-hydroxylation sites is 1. The molecule has 0 saturated heterocycles. The number of nitro groups is 1. The van der Waals surface area contributed by atoms with Crippen molar-refractivity contribution >= 4 is 22.7 Å². The molecule has 0 radical (unpaired) electrons. The summed E-state index contributed by atoms with van der Waals surface area (Å²) in [5.41, 5.74) is 5.83. The molecule has 1 aliphatic heterocycles. The van der Waals surface area contributed by atoms with E-state index < -0.39 is 0 Å². The van der Waals surface area contributed by atoms with Crippen LogP contribution in [-0.2, 0) is 6.54 Å². The second-order valence-corrected chi connectivity index (χ2v) is 8.67. The first-order valence-electron chi connectivity index (χ1n) is 10.4. The van der Waals surface area contributed by atoms with Gasteiger partial charge in [0.1, 0.15) is 0 Å².